The zero-order valence-corrected chi connectivity index (χ0v) is 15.6. The number of anilines is 1. The first-order valence-electron chi connectivity index (χ1n) is 8.22. The Bertz CT molecular complexity index is 865. The van der Waals surface area contributed by atoms with Crippen LogP contribution >= 0.6 is 0 Å². The lowest BCUT2D eigenvalue weighted by molar-refractivity contribution is 0.0954. The first-order chi connectivity index (χ1) is 12.4. The molecule has 0 saturated carbocycles. The molecule has 0 heterocycles. The van der Waals surface area contributed by atoms with Crippen LogP contribution in [0.25, 0.3) is 0 Å². The topological polar surface area (TPSA) is 111 Å². The van der Waals surface area contributed by atoms with Crippen molar-refractivity contribution in [1.82, 2.24) is 5.32 Å². The fourth-order valence-electron chi connectivity index (χ4n) is 2.29. The molecule has 4 N–H and O–H groups in total. The van der Waals surface area contributed by atoms with Gasteiger partial charge >= 0.3 is 0 Å². The van der Waals surface area contributed by atoms with Gasteiger partial charge in [0.05, 0.1) is 11.5 Å². The van der Waals surface area contributed by atoms with Crippen LogP contribution in [0.4, 0.5) is 5.69 Å². The molecule has 0 aliphatic carbocycles. The number of sulfonamides is 1. The molecule has 0 radical (unpaired) electrons. The van der Waals surface area contributed by atoms with E-state index in [0.717, 1.165) is 0 Å². The lowest BCUT2D eigenvalue weighted by Crippen LogP contribution is -2.29. The zero-order valence-electron chi connectivity index (χ0n) is 14.8. The average Bonchev–Trinajstić information content (AvgIpc) is 2.61. The number of hydrogen-bond acceptors (Lipinski definition) is 5. The van der Waals surface area contributed by atoms with Crippen LogP contribution in [-0.2, 0) is 10.0 Å². The molecule has 0 unspecified atom stereocenters. The molecule has 7 nitrogen and oxygen atoms in total. The van der Waals surface area contributed by atoms with Gasteiger partial charge in [0.1, 0.15) is 5.75 Å². The van der Waals surface area contributed by atoms with Crippen LogP contribution in [0.3, 0.4) is 0 Å². The third kappa shape index (κ3) is 4.96. The highest BCUT2D eigenvalue weighted by molar-refractivity contribution is 7.92. The summed E-state index contributed by atoms with van der Waals surface area (Å²) in [6, 6.07) is 11.0. The molecule has 140 valence electrons. The van der Waals surface area contributed by atoms with Crippen molar-refractivity contribution in [2.24, 2.45) is 5.73 Å². The lowest BCUT2D eigenvalue weighted by atomic mass is 10.1. The van der Waals surface area contributed by atoms with Gasteiger partial charge in [-0.15, -0.1) is 0 Å². The maximum Gasteiger partial charge on any atom is 0.261 e. The van der Waals surface area contributed by atoms with E-state index in [1.807, 2.05) is 6.92 Å². The van der Waals surface area contributed by atoms with Crippen molar-refractivity contribution in [3.8, 4) is 5.75 Å². The Morgan fingerprint density at radius 3 is 2.46 bits per heavy atom. The predicted molar refractivity (Wildman–Crippen MR) is 101 cm³/mol. The fourth-order valence-corrected chi connectivity index (χ4v) is 3.38. The van der Waals surface area contributed by atoms with Gasteiger partial charge in [-0.3, -0.25) is 9.52 Å². The van der Waals surface area contributed by atoms with Crippen molar-refractivity contribution >= 4 is 21.6 Å². The number of amides is 1. The van der Waals surface area contributed by atoms with E-state index in [0.29, 0.717) is 42.3 Å². The van der Waals surface area contributed by atoms with Crippen molar-refractivity contribution in [2.75, 3.05) is 24.4 Å². The van der Waals surface area contributed by atoms with Gasteiger partial charge in [-0.1, -0.05) is 6.07 Å². The van der Waals surface area contributed by atoms with Crippen LogP contribution in [-0.4, -0.2) is 34.0 Å². The van der Waals surface area contributed by atoms with Gasteiger partial charge in [0.15, 0.2) is 0 Å². The Hall–Kier alpha value is -2.58. The van der Waals surface area contributed by atoms with E-state index in [1.54, 1.807) is 37.3 Å². The molecule has 0 fully saturated rings. The quantitative estimate of drug-likeness (QED) is 0.651. The summed E-state index contributed by atoms with van der Waals surface area (Å²) >= 11 is 0. The smallest absolute Gasteiger partial charge is 0.261 e. The van der Waals surface area contributed by atoms with Gasteiger partial charge in [-0.25, -0.2) is 8.42 Å². The minimum atomic E-state index is -3.83. The SMILES string of the molecule is CCOc1ccc(NS(=O)(=O)c2ccc(C)c(C(=O)NCCN)c2)cc1. The minimum absolute atomic E-state index is 0.00915. The number of nitrogens with one attached hydrogen (secondary N) is 2. The fraction of sp³-hybridized carbons (Fsp3) is 0.278. The van der Waals surface area contributed by atoms with Crippen LogP contribution in [0, 0.1) is 6.92 Å². The molecule has 0 aliphatic rings. The summed E-state index contributed by atoms with van der Waals surface area (Å²) < 4.78 is 33.1. The Kier molecular flexibility index (Phi) is 6.59. The third-order valence-corrected chi connectivity index (χ3v) is 4.99. The Balaban J connectivity index is 2.24. The van der Waals surface area contributed by atoms with Crippen molar-refractivity contribution in [3.63, 3.8) is 0 Å². The number of hydrogen-bond donors (Lipinski definition) is 3. The molecule has 0 atom stereocenters. The highest BCUT2D eigenvalue weighted by Crippen LogP contribution is 2.21. The molecule has 2 aromatic carbocycles. The number of benzene rings is 2. The van der Waals surface area contributed by atoms with Gasteiger partial charge in [-0.05, 0) is 55.8 Å². The van der Waals surface area contributed by atoms with Crippen LogP contribution < -0.4 is 20.5 Å². The van der Waals surface area contributed by atoms with Crippen molar-refractivity contribution in [2.45, 2.75) is 18.7 Å². The van der Waals surface area contributed by atoms with Crippen LogP contribution in [0.5, 0.6) is 5.75 Å². The Labute approximate surface area is 153 Å². The molecule has 0 aliphatic heterocycles. The first-order valence-corrected chi connectivity index (χ1v) is 9.70. The third-order valence-electron chi connectivity index (χ3n) is 3.61. The summed E-state index contributed by atoms with van der Waals surface area (Å²) in [5.74, 6) is 0.302. The molecule has 2 rings (SSSR count). The normalized spacial score (nSPS) is 11.0. The van der Waals surface area contributed by atoms with E-state index in [1.165, 1.54) is 12.1 Å². The van der Waals surface area contributed by atoms with Crippen molar-refractivity contribution in [1.29, 1.82) is 0 Å². The number of nitrogens with two attached hydrogens (primary N) is 1. The summed E-state index contributed by atoms with van der Waals surface area (Å²) in [7, 11) is -3.83. The minimum Gasteiger partial charge on any atom is -0.494 e. The first kappa shape index (κ1) is 19.7. The number of carbonyl (C=O) groups excluding carboxylic acids is 1. The number of aryl methyl sites for hydroxylation is 1. The molecule has 1 amide bonds. The molecule has 0 aromatic heterocycles. The van der Waals surface area contributed by atoms with E-state index < -0.39 is 10.0 Å². The van der Waals surface area contributed by atoms with Crippen molar-refractivity contribution < 1.29 is 17.9 Å². The van der Waals surface area contributed by atoms with Crippen LogP contribution in [0.1, 0.15) is 22.8 Å². The Morgan fingerprint density at radius 2 is 1.85 bits per heavy atom. The lowest BCUT2D eigenvalue weighted by Gasteiger charge is -2.12. The number of carbonyl (C=O) groups is 1. The number of ether oxygens (including phenoxy) is 1. The second kappa shape index (κ2) is 8.68. The number of rotatable bonds is 8. The highest BCUT2D eigenvalue weighted by Gasteiger charge is 2.18. The zero-order chi connectivity index (χ0) is 19.2. The summed E-state index contributed by atoms with van der Waals surface area (Å²) in [5.41, 5.74) is 6.76. The van der Waals surface area contributed by atoms with Crippen molar-refractivity contribution in [3.05, 3.63) is 53.6 Å². The molecular formula is C18H23N3O4S. The van der Waals surface area contributed by atoms with E-state index in [-0.39, 0.29) is 10.8 Å². The van der Waals surface area contributed by atoms with Crippen LogP contribution in [0.2, 0.25) is 0 Å². The molecular weight excluding hydrogens is 354 g/mol. The van der Waals surface area contributed by atoms with Gasteiger partial charge in [0.25, 0.3) is 15.9 Å². The molecule has 0 saturated heterocycles. The average molecular weight is 377 g/mol. The largest absolute Gasteiger partial charge is 0.494 e. The van der Waals surface area contributed by atoms with Gasteiger partial charge in [0, 0.05) is 24.3 Å². The van der Waals surface area contributed by atoms with E-state index >= 15 is 0 Å². The van der Waals surface area contributed by atoms with E-state index in [2.05, 4.69) is 10.0 Å². The maximum absolute atomic E-state index is 12.6. The highest BCUT2D eigenvalue weighted by atomic mass is 32.2. The standard InChI is InChI=1S/C18H23N3O4S/c1-3-25-15-7-5-14(6-8-15)21-26(23,24)16-9-4-13(2)17(12-16)18(22)20-11-10-19/h4-9,12,21H,3,10-11,19H2,1-2H3,(H,20,22). The summed E-state index contributed by atoms with van der Waals surface area (Å²) in [5, 5.41) is 2.64. The summed E-state index contributed by atoms with van der Waals surface area (Å²) in [4.78, 5) is 12.2. The summed E-state index contributed by atoms with van der Waals surface area (Å²) in [6.45, 7) is 4.77. The van der Waals surface area contributed by atoms with E-state index in [4.69, 9.17) is 10.5 Å². The predicted octanol–water partition coefficient (Wildman–Crippen LogP) is 1.88. The molecule has 8 heteroatoms. The van der Waals surface area contributed by atoms with E-state index in [9.17, 15) is 13.2 Å². The van der Waals surface area contributed by atoms with Gasteiger partial charge < -0.3 is 15.8 Å². The second-order valence-electron chi connectivity index (χ2n) is 5.58. The Morgan fingerprint density at radius 1 is 1.15 bits per heavy atom. The molecule has 0 spiro atoms. The monoisotopic (exact) mass is 377 g/mol. The summed E-state index contributed by atoms with van der Waals surface area (Å²) in [6.07, 6.45) is 0. The van der Waals surface area contributed by atoms with Gasteiger partial charge in [-0.2, -0.15) is 0 Å². The second-order valence-corrected chi connectivity index (χ2v) is 7.27. The molecule has 2 aromatic rings. The molecule has 26 heavy (non-hydrogen) atoms. The van der Waals surface area contributed by atoms with Gasteiger partial charge in [0.2, 0.25) is 0 Å². The van der Waals surface area contributed by atoms with Crippen LogP contribution in [0.15, 0.2) is 47.4 Å². The maximum atomic E-state index is 12.6. The molecule has 0 bridgehead atoms.